The van der Waals surface area contributed by atoms with E-state index in [0.717, 1.165) is 25.1 Å². The number of hydrogen-bond donors (Lipinski definition) is 3. The van der Waals surface area contributed by atoms with Crippen LogP contribution in [0, 0.1) is 0 Å². The first-order valence-electron chi connectivity index (χ1n) is 7.98. The summed E-state index contributed by atoms with van der Waals surface area (Å²) in [5.74, 6) is 0.131. The minimum Gasteiger partial charge on any atom is -0.374 e. The van der Waals surface area contributed by atoms with Crippen LogP contribution in [0.1, 0.15) is 44.1 Å². The maximum atomic E-state index is 11.7. The number of hydrogen-bond acceptors (Lipinski definition) is 4. The highest BCUT2D eigenvalue weighted by Gasteiger charge is 2.26. The van der Waals surface area contributed by atoms with Gasteiger partial charge in [0.05, 0.1) is 0 Å². The molecule has 2 amide bonds. The van der Waals surface area contributed by atoms with Crippen molar-refractivity contribution in [2.75, 3.05) is 18.9 Å². The van der Waals surface area contributed by atoms with Crippen molar-refractivity contribution in [1.82, 2.24) is 10.6 Å². The summed E-state index contributed by atoms with van der Waals surface area (Å²) in [6.07, 6.45) is 3.17. The Balaban J connectivity index is 1.96. The zero-order valence-electron chi connectivity index (χ0n) is 13.3. The predicted molar refractivity (Wildman–Crippen MR) is 87.8 cm³/mol. The average molecular weight is 303 g/mol. The highest BCUT2D eigenvalue weighted by atomic mass is 16.2. The second kappa shape index (κ2) is 7.94. The van der Waals surface area contributed by atoms with E-state index < -0.39 is 0 Å². The molecule has 1 fully saturated rings. The van der Waals surface area contributed by atoms with Gasteiger partial charge in [-0.3, -0.25) is 14.9 Å². The van der Waals surface area contributed by atoms with Gasteiger partial charge in [0, 0.05) is 12.1 Å². The zero-order valence-corrected chi connectivity index (χ0v) is 13.3. The van der Waals surface area contributed by atoms with E-state index in [2.05, 4.69) is 35.0 Å². The second-order valence-corrected chi connectivity index (χ2v) is 5.77. The zero-order chi connectivity index (χ0) is 15.9. The third-order valence-electron chi connectivity index (χ3n) is 4.20. The molecule has 1 aliphatic rings. The van der Waals surface area contributed by atoms with E-state index in [4.69, 9.17) is 0 Å². The summed E-state index contributed by atoms with van der Waals surface area (Å²) in [7, 11) is 1.97. The Hall–Kier alpha value is -1.88. The Labute approximate surface area is 131 Å². The molecular weight excluding hydrogens is 278 g/mol. The summed E-state index contributed by atoms with van der Waals surface area (Å²) in [5, 5.41) is 8.76. The largest absolute Gasteiger partial charge is 0.374 e. The number of imide groups is 1. The van der Waals surface area contributed by atoms with Gasteiger partial charge in [-0.1, -0.05) is 19.1 Å². The van der Waals surface area contributed by atoms with Crippen molar-refractivity contribution in [1.29, 1.82) is 0 Å². The molecule has 0 saturated carbocycles. The molecule has 1 aromatic carbocycles. The number of carbonyl (C=O) groups is 2. The predicted octanol–water partition coefficient (Wildman–Crippen LogP) is 2.01. The summed E-state index contributed by atoms with van der Waals surface area (Å²) < 4.78 is 0. The Bertz CT molecular complexity index is 513. The number of rotatable bonds is 7. The molecule has 1 aromatic rings. The lowest BCUT2D eigenvalue weighted by molar-refractivity contribution is -0.133. The van der Waals surface area contributed by atoms with Gasteiger partial charge in [-0.15, -0.1) is 0 Å². The van der Waals surface area contributed by atoms with Crippen LogP contribution in [0.25, 0.3) is 0 Å². The number of piperidine rings is 1. The van der Waals surface area contributed by atoms with E-state index in [1.807, 2.05) is 19.2 Å². The first-order valence-corrected chi connectivity index (χ1v) is 7.98. The topological polar surface area (TPSA) is 70.2 Å². The summed E-state index contributed by atoms with van der Waals surface area (Å²) in [6, 6.07) is 7.95. The van der Waals surface area contributed by atoms with Gasteiger partial charge in [-0.25, -0.2) is 0 Å². The van der Waals surface area contributed by atoms with Crippen LogP contribution in [0.3, 0.4) is 0 Å². The van der Waals surface area contributed by atoms with E-state index in [0.29, 0.717) is 18.8 Å². The third kappa shape index (κ3) is 4.31. The molecule has 3 N–H and O–H groups in total. The average Bonchev–Trinajstić information content (AvgIpc) is 2.52. The van der Waals surface area contributed by atoms with E-state index in [1.165, 1.54) is 5.56 Å². The van der Waals surface area contributed by atoms with Crippen molar-refractivity contribution >= 4 is 17.5 Å². The summed E-state index contributed by atoms with van der Waals surface area (Å²) in [4.78, 5) is 22.9. The fourth-order valence-corrected chi connectivity index (χ4v) is 2.81. The van der Waals surface area contributed by atoms with Crippen molar-refractivity contribution in [3.63, 3.8) is 0 Å². The summed E-state index contributed by atoms with van der Waals surface area (Å²) in [6.45, 7) is 3.21. The summed E-state index contributed by atoms with van der Waals surface area (Å²) >= 11 is 0. The molecule has 1 saturated heterocycles. The number of amides is 2. The van der Waals surface area contributed by atoms with Gasteiger partial charge in [-0.05, 0) is 56.5 Å². The maximum absolute atomic E-state index is 11.7. The molecule has 22 heavy (non-hydrogen) atoms. The SMILES string of the molecule is CCC(CCNC)c1ccc(NC2CCC(=O)NC2=O)cc1. The first kappa shape index (κ1) is 16.5. The lowest BCUT2D eigenvalue weighted by Gasteiger charge is -2.23. The molecule has 1 aliphatic heterocycles. The molecule has 2 unspecified atom stereocenters. The standard InChI is InChI=1S/C17H25N3O2/c1-3-12(10-11-18-2)13-4-6-14(7-5-13)19-15-8-9-16(21)20-17(15)22/h4-7,12,15,18-19H,3,8-11H2,1-2H3,(H,20,21,22). The Kier molecular flexibility index (Phi) is 5.95. The molecule has 0 bridgehead atoms. The normalized spacial score (nSPS) is 19.6. The molecule has 0 radical (unpaired) electrons. The Morgan fingerprint density at radius 3 is 2.59 bits per heavy atom. The smallest absolute Gasteiger partial charge is 0.249 e. The van der Waals surface area contributed by atoms with E-state index in [1.54, 1.807) is 0 Å². The van der Waals surface area contributed by atoms with Gasteiger partial charge in [0.1, 0.15) is 6.04 Å². The number of anilines is 1. The van der Waals surface area contributed by atoms with Crippen LogP contribution in [0.4, 0.5) is 5.69 Å². The molecule has 5 nitrogen and oxygen atoms in total. The number of carbonyl (C=O) groups excluding carboxylic acids is 2. The molecule has 2 rings (SSSR count). The van der Waals surface area contributed by atoms with Gasteiger partial charge >= 0.3 is 0 Å². The number of benzene rings is 1. The third-order valence-corrected chi connectivity index (χ3v) is 4.20. The molecular formula is C17H25N3O2. The second-order valence-electron chi connectivity index (χ2n) is 5.77. The van der Waals surface area contributed by atoms with Gasteiger partial charge in [0.25, 0.3) is 0 Å². The van der Waals surface area contributed by atoms with Gasteiger partial charge in [0.15, 0.2) is 0 Å². The van der Waals surface area contributed by atoms with Crippen molar-refractivity contribution in [2.45, 2.75) is 44.6 Å². The molecule has 5 heteroatoms. The van der Waals surface area contributed by atoms with Gasteiger partial charge < -0.3 is 10.6 Å². The lowest BCUT2D eigenvalue weighted by Crippen LogP contribution is -2.47. The highest BCUT2D eigenvalue weighted by molar-refractivity contribution is 6.01. The van der Waals surface area contributed by atoms with E-state index in [9.17, 15) is 9.59 Å². The van der Waals surface area contributed by atoms with E-state index >= 15 is 0 Å². The molecule has 1 heterocycles. The number of nitrogens with one attached hydrogen (secondary N) is 3. The van der Waals surface area contributed by atoms with Crippen LogP contribution in [-0.2, 0) is 9.59 Å². The fourth-order valence-electron chi connectivity index (χ4n) is 2.81. The van der Waals surface area contributed by atoms with E-state index in [-0.39, 0.29) is 17.9 Å². The quantitative estimate of drug-likeness (QED) is 0.674. The van der Waals surface area contributed by atoms with Crippen molar-refractivity contribution in [3.8, 4) is 0 Å². The van der Waals surface area contributed by atoms with Crippen LogP contribution >= 0.6 is 0 Å². The van der Waals surface area contributed by atoms with Crippen molar-refractivity contribution in [2.24, 2.45) is 0 Å². The van der Waals surface area contributed by atoms with Crippen LogP contribution in [0.5, 0.6) is 0 Å². The van der Waals surface area contributed by atoms with Crippen LogP contribution < -0.4 is 16.0 Å². The highest BCUT2D eigenvalue weighted by Crippen LogP contribution is 2.24. The minimum atomic E-state index is -0.324. The molecule has 0 aromatic heterocycles. The summed E-state index contributed by atoms with van der Waals surface area (Å²) in [5.41, 5.74) is 2.24. The lowest BCUT2D eigenvalue weighted by atomic mass is 9.93. The first-order chi connectivity index (χ1) is 10.6. The van der Waals surface area contributed by atoms with Crippen LogP contribution in [0.15, 0.2) is 24.3 Å². The molecule has 2 atom stereocenters. The maximum Gasteiger partial charge on any atom is 0.249 e. The molecule has 0 aliphatic carbocycles. The minimum absolute atomic E-state index is 0.186. The van der Waals surface area contributed by atoms with Gasteiger partial charge in [0.2, 0.25) is 11.8 Å². The van der Waals surface area contributed by atoms with Crippen LogP contribution in [0.2, 0.25) is 0 Å². The fraction of sp³-hybridized carbons (Fsp3) is 0.529. The van der Waals surface area contributed by atoms with Crippen LogP contribution in [-0.4, -0.2) is 31.4 Å². The van der Waals surface area contributed by atoms with Gasteiger partial charge in [-0.2, -0.15) is 0 Å². The Morgan fingerprint density at radius 1 is 1.27 bits per heavy atom. The Morgan fingerprint density at radius 2 is 2.00 bits per heavy atom. The monoisotopic (exact) mass is 303 g/mol. The van der Waals surface area contributed by atoms with Crippen molar-refractivity contribution in [3.05, 3.63) is 29.8 Å². The van der Waals surface area contributed by atoms with Crippen molar-refractivity contribution < 1.29 is 9.59 Å². The molecule has 120 valence electrons. The molecule has 0 spiro atoms.